The summed E-state index contributed by atoms with van der Waals surface area (Å²) < 4.78 is 18.4. The molecule has 1 saturated heterocycles. The second-order valence-electron chi connectivity index (χ2n) is 6.64. The summed E-state index contributed by atoms with van der Waals surface area (Å²) in [6.07, 6.45) is 0.592. The number of aliphatic hydroxyl groups excluding tert-OH is 1. The second kappa shape index (κ2) is 5.81. The monoisotopic (exact) mass is 311 g/mol. The number of pyridine rings is 1. The third-order valence-electron chi connectivity index (χ3n) is 3.70. The largest absolute Gasteiger partial charge is 0.444 e. The highest BCUT2D eigenvalue weighted by molar-refractivity contribution is 5.69. The molecule has 1 aromatic rings. The van der Waals surface area contributed by atoms with Crippen molar-refractivity contribution in [3.05, 3.63) is 29.8 Å². The number of hydrogen-bond acceptors (Lipinski definition) is 5. The highest BCUT2D eigenvalue weighted by Crippen LogP contribution is 2.34. The molecule has 1 aliphatic rings. The number of ether oxygens (including phenoxy) is 1. The molecule has 0 spiro atoms. The fourth-order valence-electron chi connectivity index (χ4n) is 2.57. The fraction of sp³-hybridized carbons (Fsp3) is 0.600. The Morgan fingerprint density at radius 3 is 2.77 bits per heavy atom. The van der Waals surface area contributed by atoms with Crippen molar-refractivity contribution in [1.29, 1.82) is 0 Å². The van der Waals surface area contributed by atoms with Crippen LogP contribution in [0.3, 0.4) is 0 Å². The smallest absolute Gasteiger partial charge is 0.410 e. The number of nitrogens with zero attached hydrogens (tertiary/aromatic N) is 2. The summed E-state index contributed by atoms with van der Waals surface area (Å²) in [7, 11) is 0. The van der Waals surface area contributed by atoms with E-state index in [0.717, 1.165) is 6.20 Å². The van der Waals surface area contributed by atoms with E-state index in [2.05, 4.69) is 4.98 Å². The molecule has 1 aliphatic heterocycles. The number of amides is 1. The maximum atomic E-state index is 13.0. The first kappa shape index (κ1) is 16.6. The molecular formula is C15H22FN3O3. The Kier molecular flexibility index (Phi) is 4.39. The first-order chi connectivity index (χ1) is 10.2. The van der Waals surface area contributed by atoms with E-state index in [1.807, 2.05) is 0 Å². The normalized spacial score (nSPS) is 25.4. The molecule has 1 amide bonds. The molecule has 0 saturated carbocycles. The molecule has 2 atom stereocenters. The van der Waals surface area contributed by atoms with Crippen LogP contribution in [0.5, 0.6) is 0 Å². The molecule has 0 aliphatic carbocycles. The number of carbonyl (C=O) groups excluding carboxylic acids is 1. The lowest BCUT2D eigenvalue weighted by atomic mass is 9.85. The zero-order chi connectivity index (χ0) is 16.5. The molecule has 1 fully saturated rings. The molecule has 0 radical (unpaired) electrons. The molecule has 2 rings (SSSR count). The van der Waals surface area contributed by atoms with Gasteiger partial charge in [0.2, 0.25) is 0 Å². The summed E-state index contributed by atoms with van der Waals surface area (Å²) in [5, 5.41) is 9.59. The van der Waals surface area contributed by atoms with E-state index >= 15 is 0 Å². The van der Waals surface area contributed by atoms with Gasteiger partial charge in [0.05, 0.1) is 17.4 Å². The van der Waals surface area contributed by atoms with E-state index in [0.29, 0.717) is 5.69 Å². The van der Waals surface area contributed by atoms with Crippen LogP contribution in [0.4, 0.5) is 9.18 Å². The van der Waals surface area contributed by atoms with Crippen LogP contribution in [0, 0.1) is 11.7 Å². The number of halogens is 1. The second-order valence-corrected chi connectivity index (χ2v) is 6.64. The fourth-order valence-corrected chi connectivity index (χ4v) is 2.57. The number of aliphatic hydroxyl groups is 1. The first-order valence-corrected chi connectivity index (χ1v) is 7.15. The highest BCUT2D eigenvalue weighted by Gasteiger charge is 2.48. The lowest BCUT2D eigenvalue weighted by Gasteiger charge is -2.29. The predicted octanol–water partition coefficient (Wildman–Crippen LogP) is 1.23. The summed E-state index contributed by atoms with van der Waals surface area (Å²) in [6, 6.07) is 2.75. The Labute approximate surface area is 129 Å². The van der Waals surface area contributed by atoms with Gasteiger partial charge in [0.1, 0.15) is 11.4 Å². The third-order valence-corrected chi connectivity index (χ3v) is 3.70. The van der Waals surface area contributed by atoms with Crippen molar-refractivity contribution in [2.75, 3.05) is 19.7 Å². The first-order valence-electron chi connectivity index (χ1n) is 7.15. The lowest BCUT2D eigenvalue weighted by molar-refractivity contribution is 0.0279. The van der Waals surface area contributed by atoms with Crippen LogP contribution in [-0.2, 0) is 10.3 Å². The Bertz CT molecular complexity index is 544. The lowest BCUT2D eigenvalue weighted by Crippen LogP contribution is -2.47. The van der Waals surface area contributed by atoms with Crippen molar-refractivity contribution < 1.29 is 19.0 Å². The van der Waals surface area contributed by atoms with Crippen LogP contribution in [0.25, 0.3) is 0 Å². The third kappa shape index (κ3) is 3.36. The van der Waals surface area contributed by atoms with Crippen LogP contribution in [0.1, 0.15) is 26.5 Å². The molecule has 0 bridgehead atoms. The quantitative estimate of drug-likeness (QED) is 0.857. The molecule has 7 heteroatoms. The summed E-state index contributed by atoms with van der Waals surface area (Å²) in [5.74, 6) is -0.854. The van der Waals surface area contributed by atoms with Gasteiger partial charge >= 0.3 is 6.09 Å². The van der Waals surface area contributed by atoms with Crippen molar-refractivity contribution in [3.63, 3.8) is 0 Å². The molecule has 2 heterocycles. The van der Waals surface area contributed by atoms with E-state index < -0.39 is 29.0 Å². The molecule has 1 aromatic heterocycles. The predicted molar refractivity (Wildman–Crippen MR) is 78.4 cm³/mol. The summed E-state index contributed by atoms with van der Waals surface area (Å²) in [6.45, 7) is 5.56. The number of rotatable bonds is 2. The summed E-state index contributed by atoms with van der Waals surface area (Å²) in [4.78, 5) is 17.6. The van der Waals surface area contributed by atoms with Gasteiger partial charge in [-0.3, -0.25) is 4.98 Å². The number of aromatic nitrogens is 1. The van der Waals surface area contributed by atoms with Crippen LogP contribution < -0.4 is 5.73 Å². The number of carbonyl (C=O) groups is 1. The Morgan fingerprint density at radius 2 is 2.27 bits per heavy atom. The van der Waals surface area contributed by atoms with E-state index in [1.165, 1.54) is 17.0 Å². The number of nitrogens with two attached hydrogens (primary N) is 1. The molecular weight excluding hydrogens is 289 g/mol. The maximum Gasteiger partial charge on any atom is 0.410 e. The Hall–Kier alpha value is -1.73. The average molecular weight is 311 g/mol. The van der Waals surface area contributed by atoms with Gasteiger partial charge in [-0.15, -0.1) is 0 Å². The van der Waals surface area contributed by atoms with Crippen molar-refractivity contribution in [1.82, 2.24) is 9.88 Å². The Balaban J connectivity index is 2.22. The summed E-state index contributed by atoms with van der Waals surface area (Å²) in [5.41, 5.74) is 5.19. The van der Waals surface area contributed by atoms with Gasteiger partial charge in [-0.2, -0.15) is 0 Å². The van der Waals surface area contributed by atoms with E-state index in [4.69, 9.17) is 10.5 Å². The van der Waals surface area contributed by atoms with Crippen molar-refractivity contribution in [2.24, 2.45) is 11.7 Å². The van der Waals surface area contributed by atoms with Gasteiger partial charge in [-0.25, -0.2) is 9.18 Å². The average Bonchev–Trinajstić information content (AvgIpc) is 2.76. The SMILES string of the molecule is CC(C)(C)OC(=O)N1CC(CO)C(N)(c2ccc(F)cn2)C1. The van der Waals surface area contributed by atoms with Gasteiger partial charge in [-0.1, -0.05) is 0 Å². The number of likely N-dealkylation sites (tertiary alicyclic amines) is 1. The minimum absolute atomic E-state index is 0.159. The van der Waals surface area contributed by atoms with Crippen LogP contribution in [0.15, 0.2) is 18.3 Å². The van der Waals surface area contributed by atoms with Crippen molar-refractivity contribution in [3.8, 4) is 0 Å². The molecule has 22 heavy (non-hydrogen) atoms. The van der Waals surface area contributed by atoms with Gasteiger partial charge in [0, 0.05) is 25.6 Å². The van der Waals surface area contributed by atoms with Gasteiger partial charge in [0.15, 0.2) is 0 Å². The highest BCUT2D eigenvalue weighted by atomic mass is 19.1. The van der Waals surface area contributed by atoms with Gasteiger partial charge in [0.25, 0.3) is 0 Å². The van der Waals surface area contributed by atoms with E-state index in [9.17, 15) is 14.3 Å². The van der Waals surface area contributed by atoms with Crippen LogP contribution >= 0.6 is 0 Å². The van der Waals surface area contributed by atoms with Gasteiger partial charge in [-0.05, 0) is 32.9 Å². The van der Waals surface area contributed by atoms with Crippen molar-refractivity contribution in [2.45, 2.75) is 31.9 Å². The summed E-state index contributed by atoms with van der Waals surface area (Å²) >= 11 is 0. The minimum Gasteiger partial charge on any atom is -0.444 e. The topological polar surface area (TPSA) is 88.7 Å². The van der Waals surface area contributed by atoms with Crippen LogP contribution in [0.2, 0.25) is 0 Å². The molecule has 6 nitrogen and oxygen atoms in total. The van der Waals surface area contributed by atoms with Gasteiger partial charge < -0.3 is 20.5 Å². The minimum atomic E-state index is -1.03. The van der Waals surface area contributed by atoms with E-state index in [1.54, 1.807) is 20.8 Å². The molecule has 122 valence electrons. The molecule has 2 unspecified atom stereocenters. The Morgan fingerprint density at radius 1 is 1.59 bits per heavy atom. The van der Waals surface area contributed by atoms with Crippen LogP contribution in [-0.4, -0.2) is 46.4 Å². The zero-order valence-corrected chi connectivity index (χ0v) is 13.0. The molecule has 3 N–H and O–H groups in total. The van der Waals surface area contributed by atoms with E-state index in [-0.39, 0.29) is 19.7 Å². The number of hydrogen-bond donors (Lipinski definition) is 2. The van der Waals surface area contributed by atoms with Crippen molar-refractivity contribution >= 4 is 6.09 Å². The maximum absolute atomic E-state index is 13.0. The standard InChI is InChI=1S/C15H22FN3O3/c1-14(2,3)22-13(21)19-7-10(8-20)15(17,9-19)12-5-4-11(16)6-18-12/h4-6,10,20H,7-9,17H2,1-3H3. The molecule has 0 aromatic carbocycles. The zero-order valence-electron chi connectivity index (χ0n) is 13.0.